The number of carbonyl (C=O) groups excluding carboxylic acids is 1. The lowest BCUT2D eigenvalue weighted by Crippen LogP contribution is -2.46. The predicted octanol–water partition coefficient (Wildman–Crippen LogP) is 0.968. The van der Waals surface area contributed by atoms with Crippen molar-refractivity contribution >= 4 is 11.6 Å². The molecule has 2 rings (SSSR count). The number of amides is 1. The van der Waals surface area contributed by atoms with Crippen molar-refractivity contribution in [3.63, 3.8) is 0 Å². The molecule has 1 aliphatic heterocycles. The van der Waals surface area contributed by atoms with E-state index in [0.717, 1.165) is 13.1 Å². The Bertz CT molecular complexity index is 527. The molecule has 1 N–H and O–H groups in total. The summed E-state index contributed by atoms with van der Waals surface area (Å²) in [6.07, 6.45) is 0.174. The van der Waals surface area contributed by atoms with Gasteiger partial charge in [-0.05, 0) is 18.6 Å². The highest BCUT2D eigenvalue weighted by Crippen LogP contribution is 2.28. The van der Waals surface area contributed by atoms with Gasteiger partial charge in [0.05, 0.1) is 18.0 Å². The van der Waals surface area contributed by atoms with Gasteiger partial charge in [0.25, 0.3) is 0 Å². The lowest BCUT2D eigenvalue weighted by molar-refractivity contribution is -0.385. The first-order valence-electron chi connectivity index (χ1n) is 7.00. The van der Waals surface area contributed by atoms with Crippen LogP contribution in [0.3, 0.4) is 0 Å². The second-order valence-corrected chi connectivity index (χ2v) is 4.80. The topological polar surface area (TPSA) is 84.7 Å². The van der Waals surface area contributed by atoms with Gasteiger partial charge in [-0.2, -0.15) is 0 Å². The maximum atomic E-state index is 12.2. The van der Waals surface area contributed by atoms with Crippen LogP contribution in [0.1, 0.15) is 12.5 Å². The number of nitro groups is 1. The van der Waals surface area contributed by atoms with E-state index in [-0.39, 0.29) is 23.8 Å². The van der Waals surface area contributed by atoms with E-state index in [1.807, 2.05) is 0 Å². The fourth-order valence-electron chi connectivity index (χ4n) is 2.29. The Kier molecular flexibility index (Phi) is 5.10. The van der Waals surface area contributed by atoms with Crippen LogP contribution in [-0.4, -0.2) is 48.5 Å². The summed E-state index contributed by atoms with van der Waals surface area (Å²) in [6, 6.07) is 4.69. The third-order valence-electron chi connectivity index (χ3n) is 3.34. The summed E-state index contributed by atoms with van der Waals surface area (Å²) in [5.41, 5.74) is 0.538. The van der Waals surface area contributed by atoms with Crippen LogP contribution in [0.15, 0.2) is 18.2 Å². The minimum Gasteiger partial charge on any atom is -0.487 e. The zero-order chi connectivity index (χ0) is 15.2. The molecule has 1 aliphatic rings. The molecule has 7 nitrogen and oxygen atoms in total. The van der Waals surface area contributed by atoms with E-state index in [1.54, 1.807) is 24.0 Å². The minimum absolute atomic E-state index is 0.00467. The fraction of sp³-hybridized carbons (Fsp3) is 0.500. The molecule has 0 unspecified atom stereocenters. The zero-order valence-corrected chi connectivity index (χ0v) is 12.0. The van der Waals surface area contributed by atoms with E-state index < -0.39 is 4.92 Å². The molecular weight excluding hydrogens is 274 g/mol. The number of benzene rings is 1. The van der Waals surface area contributed by atoms with E-state index in [9.17, 15) is 14.9 Å². The predicted molar refractivity (Wildman–Crippen MR) is 77.4 cm³/mol. The van der Waals surface area contributed by atoms with Gasteiger partial charge < -0.3 is 15.0 Å². The van der Waals surface area contributed by atoms with Crippen molar-refractivity contribution in [2.45, 2.75) is 13.3 Å². The summed E-state index contributed by atoms with van der Waals surface area (Å²) in [4.78, 5) is 24.5. The molecule has 1 aromatic carbocycles. The molecule has 1 amide bonds. The molecule has 1 aromatic rings. The number of carbonyl (C=O) groups is 1. The third-order valence-corrected chi connectivity index (χ3v) is 3.34. The summed E-state index contributed by atoms with van der Waals surface area (Å²) in [5.74, 6) is 0.232. The van der Waals surface area contributed by atoms with Crippen LogP contribution < -0.4 is 10.1 Å². The standard InChI is InChI=1S/C14H19N3O4/c1-2-21-13-4-3-11(9-12(13)17(19)20)10-14(18)16-7-5-15-6-8-16/h3-4,9,15H,2,5-8,10H2,1H3. The number of hydrogen-bond donors (Lipinski definition) is 1. The highest BCUT2D eigenvalue weighted by Gasteiger charge is 2.20. The summed E-state index contributed by atoms with van der Waals surface area (Å²) in [6.45, 7) is 5.06. The van der Waals surface area contributed by atoms with Crippen LogP contribution in [0.5, 0.6) is 5.75 Å². The average Bonchev–Trinajstić information content (AvgIpc) is 2.49. The lowest BCUT2D eigenvalue weighted by atomic mass is 10.1. The Balaban J connectivity index is 2.10. The third kappa shape index (κ3) is 3.91. The summed E-state index contributed by atoms with van der Waals surface area (Å²) >= 11 is 0. The highest BCUT2D eigenvalue weighted by atomic mass is 16.6. The molecule has 0 spiro atoms. The highest BCUT2D eigenvalue weighted by molar-refractivity contribution is 5.79. The van der Waals surface area contributed by atoms with Crippen molar-refractivity contribution in [1.29, 1.82) is 0 Å². The van der Waals surface area contributed by atoms with Crippen molar-refractivity contribution in [1.82, 2.24) is 10.2 Å². The molecule has 1 saturated heterocycles. The number of hydrogen-bond acceptors (Lipinski definition) is 5. The Morgan fingerprint density at radius 1 is 1.43 bits per heavy atom. The van der Waals surface area contributed by atoms with Gasteiger partial charge in [0.1, 0.15) is 0 Å². The van der Waals surface area contributed by atoms with Gasteiger partial charge in [0.2, 0.25) is 5.91 Å². The number of ether oxygens (including phenoxy) is 1. The van der Waals surface area contributed by atoms with Crippen LogP contribution in [0.2, 0.25) is 0 Å². The van der Waals surface area contributed by atoms with E-state index in [4.69, 9.17) is 4.74 Å². The molecule has 114 valence electrons. The van der Waals surface area contributed by atoms with Crippen LogP contribution >= 0.6 is 0 Å². The van der Waals surface area contributed by atoms with Crippen molar-refractivity contribution in [2.75, 3.05) is 32.8 Å². The van der Waals surface area contributed by atoms with E-state index >= 15 is 0 Å². The molecule has 7 heteroatoms. The van der Waals surface area contributed by atoms with Crippen LogP contribution in [0.25, 0.3) is 0 Å². The molecule has 1 fully saturated rings. The number of piperazine rings is 1. The molecule has 0 radical (unpaired) electrons. The van der Waals surface area contributed by atoms with Crippen molar-refractivity contribution in [2.24, 2.45) is 0 Å². The smallest absolute Gasteiger partial charge is 0.311 e. The van der Waals surface area contributed by atoms with Gasteiger partial charge >= 0.3 is 5.69 Å². The van der Waals surface area contributed by atoms with Crippen LogP contribution in [0.4, 0.5) is 5.69 Å². The molecule has 0 atom stereocenters. The van der Waals surface area contributed by atoms with E-state index in [1.165, 1.54) is 6.07 Å². The summed E-state index contributed by atoms with van der Waals surface area (Å²) in [7, 11) is 0. The molecule has 0 saturated carbocycles. The number of nitrogens with zero attached hydrogens (tertiary/aromatic N) is 2. The summed E-state index contributed by atoms with van der Waals surface area (Å²) in [5, 5.41) is 14.2. The number of nitro benzene ring substituents is 1. The van der Waals surface area contributed by atoms with E-state index in [0.29, 0.717) is 25.3 Å². The lowest BCUT2D eigenvalue weighted by Gasteiger charge is -2.27. The van der Waals surface area contributed by atoms with E-state index in [2.05, 4.69) is 5.32 Å². The maximum Gasteiger partial charge on any atom is 0.311 e. The minimum atomic E-state index is -0.482. The average molecular weight is 293 g/mol. The molecule has 1 heterocycles. The monoisotopic (exact) mass is 293 g/mol. The van der Waals surface area contributed by atoms with Gasteiger partial charge in [-0.1, -0.05) is 6.07 Å². The van der Waals surface area contributed by atoms with Gasteiger partial charge in [-0.25, -0.2) is 0 Å². The first kappa shape index (κ1) is 15.2. The first-order valence-corrected chi connectivity index (χ1v) is 7.00. The van der Waals surface area contributed by atoms with Crippen LogP contribution in [-0.2, 0) is 11.2 Å². The molecule has 0 bridgehead atoms. The second kappa shape index (κ2) is 7.03. The zero-order valence-electron chi connectivity index (χ0n) is 12.0. The van der Waals surface area contributed by atoms with Gasteiger partial charge in [-0.15, -0.1) is 0 Å². The quantitative estimate of drug-likeness (QED) is 0.646. The molecule has 0 aromatic heterocycles. The Hall–Kier alpha value is -2.15. The second-order valence-electron chi connectivity index (χ2n) is 4.80. The Morgan fingerprint density at radius 3 is 2.76 bits per heavy atom. The molecule has 0 aliphatic carbocycles. The van der Waals surface area contributed by atoms with Crippen molar-refractivity contribution in [3.8, 4) is 5.75 Å². The normalized spacial score (nSPS) is 14.8. The number of nitrogens with one attached hydrogen (secondary N) is 1. The first-order chi connectivity index (χ1) is 10.1. The van der Waals surface area contributed by atoms with Crippen LogP contribution in [0, 0.1) is 10.1 Å². The molecular formula is C14H19N3O4. The van der Waals surface area contributed by atoms with Gasteiger partial charge in [-0.3, -0.25) is 14.9 Å². The maximum absolute atomic E-state index is 12.2. The van der Waals surface area contributed by atoms with Crippen molar-refractivity contribution in [3.05, 3.63) is 33.9 Å². The number of rotatable bonds is 5. The van der Waals surface area contributed by atoms with Crippen molar-refractivity contribution < 1.29 is 14.5 Å². The largest absolute Gasteiger partial charge is 0.487 e. The summed E-state index contributed by atoms with van der Waals surface area (Å²) < 4.78 is 5.23. The van der Waals surface area contributed by atoms with Gasteiger partial charge in [0.15, 0.2) is 5.75 Å². The Morgan fingerprint density at radius 2 is 2.14 bits per heavy atom. The molecule has 21 heavy (non-hydrogen) atoms. The van der Waals surface area contributed by atoms with Gasteiger partial charge in [0, 0.05) is 32.2 Å². The fourth-order valence-corrected chi connectivity index (χ4v) is 2.29. The Labute approximate surface area is 123 Å². The SMILES string of the molecule is CCOc1ccc(CC(=O)N2CCNCC2)cc1[N+](=O)[O-].